The van der Waals surface area contributed by atoms with E-state index >= 15 is 0 Å². The van der Waals surface area contributed by atoms with Gasteiger partial charge in [-0.25, -0.2) is 17.9 Å². The highest BCUT2D eigenvalue weighted by atomic mass is 35.5. The van der Waals surface area contributed by atoms with Gasteiger partial charge in [0, 0.05) is 6.04 Å². The molecule has 0 heterocycles. The quantitative estimate of drug-likeness (QED) is 0.819. The van der Waals surface area contributed by atoms with Gasteiger partial charge in [0.25, 0.3) is 0 Å². The molecule has 0 fully saturated rings. The van der Waals surface area contributed by atoms with Crippen LogP contribution in [0.3, 0.4) is 0 Å². The van der Waals surface area contributed by atoms with E-state index in [1.807, 2.05) is 6.07 Å². The van der Waals surface area contributed by atoms with Crippen molar-refractivity contribution in [1.29, 1.82) is 5.26 Å². The summed E-state index contributed by atoms with van der Waals surface area (Å²) in [5.74, 6) is -1.42. The number of nitrogens with one attached hydrogen (secondary N) is 1. The lowest BCUT2D eigenvalue weighted by molar-refractivity contribution is 0.0697. The number of hydrogen-bond donors (Lipinski definition) is 2. The molecule has 9 heteroatoms. The average Bonchev–Trinajstić information content (AvgIpc) is 2.37. The molecule has 0 spiro atoms. The van der Waals surface area contributed by atoms with Crippen LogP contribution in [0.25, 0.3) is 0 Å². The summed E-state index contributed by atoms with van der Waals surface area (Å²) in [5, 5.41) is 17.0. The Hall–Kier alpha value is -1.33. The zero-order chi connectivity index (χ0) is 16.2. The first-order valence-electron chi connectivity index (χ1n) is 5.85. The molecule has 0 aliphatic heterocycles. The van der Waals surface area contributed by atoms with Crippen molar-refractivity contribution in [2.75, 3.05) is 0 Å². The summed E-state index contributed by atoms with van der Waals surface area (Å²) in [6, 6.07) is 3.56. The summed E-state index contributed by atoms with van der Waals surface area (Å²) in [6.07, 6.45) is 0.399. The van der Waals surface area contributed by atoms with Gasteiger partial charge >= 0.3 is 5.97 Å². The molecule has 114 valence electrons. The lowest BCUT2D eigenvalue weighted by atomic mass is 10.2. The highest BCUT2D eigenvalue weighted by Gasteiger charge is 2.26. The molecule has 0 aromatic heterocycles. The van der Waals surface area contributed by atoms with E-state index in [0.717, 1.165) is 12.1 Å². The molecule has 1 aromatic carbocycles. The summed E-state index contributed by atoms with van der Waals surface area (Å²) in [7, 11) is -4.05. The minimum Gasteiger partial charge on any atom is -0.478 e. The fourth-order valence-electron chi connectivity index (χ4n) is 1.60. The maximum atomic E-state index is 12.2. The second-order valence-corrected chi connectivity index (χ2v) is 6.60. The second-order valence-electron chi connectivity index (χ2n) is 4.13. The predicted octanol–water partition coefficient (Wildman–Crippen LogP) is 2.66. The Morgan fingerprint density at radius 1 is 1.48 bits per heavy atom. The zero-order valence-corrected chi connectivity index (χ0v) is 13.3. The fourth-order valence-corrected chi connectivity index (χ4v) is 3.84. The molecule has 0 saturated carbocycles. The van der Waals surface area contributed by atoms with Crippen LogP contribution in [0.2, 0.25) is 10.0 Å². The van der Waals surface area contributed by atoms with E-state index < -0.39 is 32.6 Å². The topological polar surface area (TPSA) is 107 Å². The van der Waals surface area contributed by atoms with Gasteiger partial charge in [0.1, 0.15) is 4.90 Å². The first-order valence-corrected chi connectivity index (χ1v) is 8.09. The average molecular weight is 351 g/mol. The number of nitriles is 1. The van der Waals surface area contributed by atoms with Gasteiger partial charge in [-0.3, -0.25) is 0 Å². The number of carboxylic acid groups (broad SMARTS) is 1. The van der Waals surface area contributed by atoms with Crippen LogP contribution in [-0.2, 0) is 10.0 Å². The van der Waals surface area contributed by atoms with Gasteiger partial charge in [-0.1, -0.05) is 30.1 Å². The summed E-state index contributed by atoms with van der Waals surface area (Å²) >= 11 is 11.6. The third-order valence-electron chi connectivity index (χ3n) is 2.71. The van der Waals surface area contributed by atoms with E-state index in [1.54, 1.807) is 6.92 Å². The van der Waals surface area contributed by atoms with Crippen molar-refractivity contribution in [2.24, 2.45) is 0 Å². The molecule has 21 heavy (non-hydrogen) atoms. The molecule has 1 aromatic rings. The summed E-state index contributed by atoms with van der Waals surface area (Å²) < 4.78 is 26.8. The molecule has 0 aliphatic carbocycles. The number of halogens is 2. The van der Waals surface area contributed by atoms with Gasteiger partial charge in [-0.2, -0.15) is 5.26 Å². The molecule has 1 unspecified atom stereocenters. The highest BCUT2D eigenvalue weighted by molar-refractivity contribution is 7.89. The van der Waals surface area contributed by atoms with Gasteiger partial charge < -0.3 is 5.11 Å². The summed E-state index contributed by atoms with van der Waals surface area (Å²) in [6.45, 7) is 1.72. The van der Waals surface area contributed by atoms with E-state index in [2.05, 4.69) is 4.72 Å². The Labute approximate surface area is 132 Å². The van der Waals surface area contributed by atoms with Crippen molar-refractivity contribution < 1.29 is 18.3 Å². The van der Waals surface area contributed by atoms with Crippen LogP contribution < -0.4 is 4.72 Å². The number of carbonyl (C=O) groups is 1. The number of benzene rings is 1. The standard InChI is InChI=1S/C12H12Cl2N2O4S/c1-2-7(5-6-15)16-21(19,20)9-4-3-8(13)10(11(9)14)12(17)18/h3-4,7,16H,2,5H2,1H3,(H,17,18). The number of nitrogens with zero attached hydrogens (tertiary/aromatic N) is 1. The van der Waals surface area contributed by atoms with E-state index in [9.17, 15) is 13.2 Å². The van der Waals surface area contributed by atoms with E-state index in [0.29, 0.717) is 6.42 Å². The maximum absolute atomic E-state index is 12.2. The molecule has 0 aliphatic rings. The summed E-state index contributed by atoms with van der Waals surface area (Å²) in [5.41, 5.74) is -0.477. The van der Waals surface area contributed by atoms with Crippen LogP contribution >= 0.6 is 23.2 Å². The van der Waals surface area contributed by atoms with E-state index in [1.165, 1.54) is 0 Å². The fraction of sp³-hybridized carbons (Fsp3) is 0.333. The van der Waals surface area contributed by atoms with Crippen molar-refractivity contribution in [1.82, 2.24) is 4.72 Å². The van der Waals surface area contributed by atoms with E-state index in [-0.39, 0.29) is 16.3 Å². The van der Waals surface area contributed by atoms with Gasteiger partial charge in [-0.05, 0) is 18.6 Å². The molecule has 2 N–H and O–H groups in total. The Morgan fingerprint density at radius 2 is 2.10 bits per heavy atom. The molecule has 0 amide bonds. The monoisotopic (exact) mass is 350 g/mol. The number of rotatable bonds is 6. The van der Waals surface area contributed by atoms with Gasteiger partial charge in [0.2, 0.25) is 10.0 Å². The van der Waals surface area contributed by atoms with Gasteiger partial charge in [0.05, 0.1) is 28.1 Å². The van der Waals surface area contributed by atoms with Crippen LogP contribution in [0.15, 0.2) is 17.0 Å². The van der Waals surface area contributed by atoms with Crippen LogP contribution in [0, 0.1) is 11.3 Å². The SMILES string of the molecule is CCC(CC#N)NS(=O)(=O)c1ccc(Cl)c(C(=O)O)c1Cl. The Balaban J connectivity index is 3.30. The first-order chi connectivity index (χ1) is 9.74. The Morgan fingerprint density at radius 3 is 2.57 bits per heavy atom. The van der Waals surface area contributed by atoms with Crippen molar-refractivity contribution in [3.8, 4) is 6.07 Å². The zero-order valence-electron chi connectivity index (χ0n) is 10.9. The Bertz CT molecular complexity index is 698. The Kier molecular flexibility index (Phi) is 5.98. The lowest BCUT2D eigenvalue weighted by Gasteiger charge is -2.15. The highest BCUT2D eigenvalue weighted by Crippen LogP contribution is 2.31. The number of hydrogen-bond acceptors (Lipinski definition) is 4. The first kappa shape index (κ1) is 17.7. The van der Waals surface area contributed by atoms with Gasteiger partial charge in [-0.15, -0.1) is 0 Å². The third kappa shape index (κ3) is 4.08. The van der Waals surface area contributed by atoms with Crippen molar-refractivity contribution in [3.05, 3.63) is 27.7 Å². The van der Waals surface area contributed by atoms with Crippen molar-refractivity contribution in [2.45, 2.75) is 30.7 Å². The number of sulfonamides is 1. The van der Waals surface area contributed by atoms with E-state index in [4.69, 9.17) is 33.6 Å². The molecular formula is C12H12Cl2N2O4S. The molecule has 1 rings (SSSR count). The van der Waals surface area contributed by atoms with Crippen LogP contribution in [-0.4, -0.2) is 25.5 Å². The van der Waals surface area contributed by atoms with Crippen LogP contribution in [0.1, 0.15) is 30.1 Å². The molecule has 6 nitrogen and oxygen atoms in total. The normalized spacial score (nSPS) is 12.7. The lowest BCUT2D eigenvalue weighted by Crippen LogP contribution is -2.34. The minimum absolute atomic E-state index is 0.00722. The molecule has 0 saturated heterocycles. The van der Waals surface area contributed by atoms with Crippen molar-refractivity contribution >= 4 is 39.2 Å². The molecule has 0 radical (unpaired) electrons. The summed E-state index contributed by atoms with van der Waals surface area (Å²) in [4.78, 5) is 10.7. The van der Waals surface area contributed by atoms with Crippen LogP contribution in [0.5, 0.6) is 0 Å². The largest absolute Gasteiger partial charge is 0.478 e. The smallest absolute Gasteiger partial charge is 0.338 e. The maximum Gasteiger partial charge on any atom is 0.338 e. The minimum atomic E-state index is -4.05. The van der Waals surface area contributed by atoms with Crippen LogP contribution in [0.4, 0.5) is 0 Å². The predicted molar refractivity (Wildman–Crippen MR) is 78.1 cm³/mol. The molecular weight excluding hydrogens is 339 g/mol. The number of aromatic carboxylic acids is 1. The number of carboxylic acids is 1. The van der Waals surface area contributed by atoms with Gasteiger partial charge in [0.15, 0.2) is 0 Å². The molecule has 0 bridgehead atoms. The third-order valence-corrected chi connectivity index (χ3v) is 5.09. The van der Waals surface area contributed by atoms with Crippen molar-refractivity contribution in [3.63, 3.8) is 0 Å². The second kappa shape index (κ2) is 7.09. The molecule has 1 atom stereocenters.